The first-order valence-corrected chi connectivity index (χ1v) is 7.47. The maximum absolute atomic E-state index is 14.3. The third kappa shape index (κ3) is 3.30. The summed E-state index contributed by atoms with van der Waals surface area (Å²) in [6.45, 7) is 1.56. The van der Waals surface area contributed by atoms with Crippen molar-refractivity contribution in [2.75, 3.05) is 5.73 Å². The van der Waals surface area contributed by atoms with Gasteiger partial charge in [-0.2, -0.15) is 13.2 Å². The number of aryl methyl sites for hydroxylation is 1. The number of nitrogen functional groups attached to an aromatic ring is 1. The number of phenols is 1. The Morgan fingerprint density at radius 3 is 2.15 bits per heavy atom. The Labute approximate surface area is 146 Å². The minimum Gasteiger partial charge on any atom is -0.508 e. The third-order valence-electron chi connectivity index (χ3n) is 3.75. The van der Waals surface area contributed by atoms with Crippen LogP contribution in [0, 0.1) is 12.7 Å². The van der Waals surface area contributed by atoms with Crippen molar-refractivity contribution in [3.8, 4) is 28.3 Å². The molecule has 0 saturated carbocycles. The van der Waals surface area contributed by atoms with E-state index in [0.717, 1.165) is 12.1 Å². The van der Waals surface area contributed by atoms with E-state index in [-0.39, 0.29) is 28.5 Å². The van der Waals surface area contributed by atoms with Crippen molar-refractivity contribution in [2.45, 2.75) is 13.1 Å². The predicted molar refractivity (Wildman–Crippen MR) is 88.7 cm³/mol. The molecule has 0 aliphatic rings. The van der Waals surface area contributed by atoms with E-state index in [9.17, 15) is 22.7 Å². The molecule has 26 heavy (non-hydrogen) atoms. The molecule has 2 aromatic carbocycles. The van der Waals surface area contributed by atoms with E-state index in [0.29, 0.717) is 17.3 Å². The zero-order valence-electron chi connectivity index (χ0n) is 13.5. The standard InChI is InChI=1S/C18H13F4N3O/c1-9-24-16(10-2-5-12(26)6-3-10)15(23)17(25-9)13-7-4-11(8-14(13)19)18(20,21)22/h2-8,26H,23H2,1H3. The lowest BCUT2D eigenvalue weighted by atomic mass is 10.0. The molecule has 0 saturated heterocycles. The maximum Gasteiger partial charge on any atom is 0.416 e. The molecule has 0 fully saturated rings. The van der Waals surface area contributed by atoms with Gasteiger partial charge in [0, 0.05) is 11.1 Å². The lowest BCUT2D eigenvalue weighted by molar-refractivity contribution is -0.137. The number of nitrogens with two attached hydrogens (primary N) is 1. The van der Waals surface area contributed by atoms with Gasteiger partial charge in [0.1, 0.15) is 23.1 Å². The van der Waals surface area contributed by atoms with Gasteiger partial charge in [-0.25, -0.2) is 14.4 Å². The highest BCUT2D eigenvalue weighted by Crippen LogP contribution is 2.36. The number of benzene rings is 2. The van der Waals surface area contributed by atoms with Crippen LogP contribution in [0.5, 0.6) is 5.75 Å². The highest BCUT2D eigenvalue weighted by molar-refractivity contribution is 5.84. The molecule has 8 heteroatoms. The van der Waals surface area contributed by atoms with Crippen LogP contribution >= 0.6 is 0 Å². The molecular weight excluding hydrogens is 350 g/mol. The van der Waals surface area contributed by atoms with Gasteiger partial charge in [0.05, 0.1) is 16.9 Å². The number of halogens is 4. The van der Waals surface area contributed by atoms with Crippen molar-refractivity contribution in [3.05, 3.63) is 59.7 Å². The predicted octanol–water partition coefficient (Wildman–Crippen LogP) is 4.56. The Hall–Kier alpha value is -3.16. The minimum absolute atomic E-state index is 0.00630. The highest BCUT2D eigenvalue weighted by atomic mass is 19.4. The second-order valence-corrected chi connectivity index (χ2v) is 5.62. The molecule has 1 aromatic heterocycles. The lowest BCUT2D eigenvalue weighted by Gasteiger charge is -2.13. The largest absolute Gasteiger partial charge is 0.508 e. The Bertz CT molecular complexity index is 969. The molecule has 0 aliphatic heterocycles. The molecule has 0 atom stereocenters. The van der Waals surface area contributed by atoms with Crippen LogP contribution in [0.15, 0.2) is 42.5 Å². The van der Waals surface area contributed by atoms with Gasteiger partial charge in [0.15, 0.2) is 0 Å². The Morgan fingerprint density at radius 1 is 0.962 bits per heavy atom. The van der Waals surface area contributed by atoms with Crippen LogP contribution in [0.2, 0.25) is 0 Å². The van der Waals surface area contributed by atoms with Crippen LogP contribution in [-0.4, -0.2) is 15.1 Å². The third-order valence-corrected chi connectivity index (χ3v) is 3.75. The van der Waals surface area contributed by atoms with E-state index >= 15 is 0 Å². The number of alkyl halides is 3. The van der Waals surface area contributed by atoms with Crippen molar-refractivity contribution in [3.63, 3.8) is 0 Å². The Kier molecular flexibility index (Phi) is 4.27. The molecule has 0 radical (unpaired) electrons. The first kappa shape index (κ1) is 17.7. The summed E-state index contributed by atoms with van der Waals surface area (Å²) in [5.74, 6) is -0.759. The molecule has 3 N–H and O–H groups in total. The first-order chi connectivity index (χ1) is 12.2. The van der Waals surface area contributed by atoms with Gasteiger partial charge in [-0.1, -0.05) is 0 Å². The number of aromatic nitrogens is 2. The van der Waals surface area contributed by atoms with Crippen LogP contribution in [0.1, 0.15) is 11.4 Å². The molecule has 134 valence electrons. The summed E-state index contributed by atoms with van der Waals surface area (Å²) in [5.41, 5.74) is 5.71. The number of hydrogen-bond donors (Lipinski definition) is 2. The minimum atomic E-state index is -4.65. The molecule has 3 aromatic rings. The van der Waals surface area contributed by atoms with Gasteiger partial charge >= 0.3 is 6.18 Å². The van der Waals surface area contributed by atoms with E-state index in [1.54, 1.807) is 19.1 Å². The lowest BCUT2D eigenvalue weighted by Crippen LogP contribution is -2.07. The number of rotatable bonds is 2. The number of anilines is 1. The van der Waals surface area contributed by atoms with Gasteiger partial charge in [0.25, 0.3) is 0 Å². The molecular formula is C18H13F4N3O. The normalized spacial score (nSPS) is 11.6. The number of aromatic hydroxyl groups is 1. The van der Waals surface area contributed by atoms with Crippen molar-refractivity contribution < 1.29 is 22.7 Å². The van der Waals surface area contributed by atoms with Gasteiger partial charge in [-0.3, -0.25) is 0 Å². The molecule has 0 amide bonds. The van der Waals surface area contributed by atoms with E-state index < -0.39 is 17.6 Å². The van der Waals surface area contributed by atoms with E-state index in [2.05, 4.69) is 9.97 Å². The summed E-state index contributed by atoms with van der Waals surface area (Å²) in [6.07, 6.45) is -4.65. The van der Waals surface area contributed by atoms with Gasteiger partial charge < -0.3 is 10.8 Å². The van der Waals surface area contributed by atoms with Crippen molar-refractivity contribution in [1.82, 2.24) is 9.97 Å². The molecule has 0 spiro atoms. The molecule has 3 rings (SSSR count). The number of hydrogen-bond acceptors (Lipinski definition) is 4. The second-order valence-electron chi connectivity index (χ2n) is 5.62. The zero-order chi connectivity index (χ0) is 19.1. The van der Waals surface area contributed by atoms with Crippen LogP contribution in [0.25, 0.3) is 22.5 Å². The summed E-state index contributed by atoms with van der Waals surface area (Å²) in [6, 6.07) is 8.19. The average Bonchev–Trinajstić information content (AvgIpc) is 2.57. The summed E-state index contributed by atoms with van der Waals surface area (Å²) in [5, 5.41) is 9.38. The fourth-order valence-corrected chi connectivity index (χ4v) is 2.51. The van der Waals surface area contributed by atoms with E-state index in [4.69, 9.17) is 5.73 Å². The second kappa shape index (κ2) is 6.29. The van der Waals surface area contributed by atoms with Crippen LogP contribution < -0.4 is 5.73 Å². The van der Waals surface area contributed by atoms with Crippen molar-refractivity contribution in [2.24, 2.45) is 0 Å². The zero-order valence-corrected chi connectivity index (χ0v) is 13.5. The van der Waals surface area contributed by atoms with Gasteiger partial charge in [-0.05, 0) is 49.4 Å². The molecule has 0 unspecified atom stereocenters. The SMILES string of the molecule is Cc1nc(-c2ccc(O)cc2)c(N)c(-c2ccc(C(F)(F)F)cc2F)n1. The summed E-state index contributed by atoms with van der Waals surface area (Å²) in [7, 11) is 0. The van der Waals surface area contributed by atoms with Crippen molar-refractivity contribution >= 4 is 5.69 Å². The quantitative estimate of drug-likeness (QED) is 0.655. The molecule has 1 heterocycles. The molecule has 0 bridgehead atoms. The fourth-order valence-electron chi connectivity index (χ4n) is 2.51. The van der Waals surface area contributed by atoms with Crippen LogP contribution in [-0.2, 0) is 6.18 Å². The Morgan fingerprint density at radius 2 is 1.58 bits per heavy atom. The first-order valence-electron chi connectivity index (χ1n) is 7.47. The number of phenolic OH excluding ortho intramolecular Hbond substituents is 1. The fraction of sp³-hybridized carbons (Fsp3) is 0.111. The molecule has 0 aliphatic carbocycles. The van der Waals surface area contributed by atoms with E-state index in [1.165, 1.54) is 12.1 Å². The van der Waals surface area contributed by atoms with Crippen molar-refractivity contribution in [1.29, 1.82) is 0 Å². The van der Waals surface area contributed by atoms with Crippen LogP contribution in [0.4, 0.5) is 23.2 Å². The molecule has 4 nitrogen and oxygen atoms in total. The summed E-state index contributed by atoms with van der Waals surface area (Å²) >= 11 is 0. The number of nitrogens with zero attached hydrogens (tertiary/aromatic N) is 2. The van der Waals surface area contributed by atoms with E-state index in [1.807, 2.05) is 0 Å². The topological polar surface area (TPSA) is 72.0 Å². The summed E-state index contributed by atoms with van der Waals surface area (Å²) in [4.78, 5) is 8.32. The Balaban J connectivity index is 2.16. The smallest absolute Gasteiger partial charge is 0.416 e. The highest BCUT2D eigenvalue weighted by Gasteiger charge is 2.31. The summed E-state index contributed by atoms with van der Waals surface area (Å²) < 4.78 is 52.5. The average molecular weight is 363 g/mol. The maximum atomic E-state index is 14.3. The van der Waals surface area contributed by atoms with Crippen LogP contribution in [0.3, 0.4) is 0 Å². The monoisotopic (exact) mass is 363 g/mol. The van der Waals surface area contributed by atoms with Gasteiger partial charge in [0.2, 0.25) is 0 Å². The van der Waals surface area contributed by atoms with Gasteiger partial charge in [-0.15, -0.1) is 0 Å².